The Morgan fingerprint density at radius 2 is 2.00 bits per heavy atom. The van der Waals surface area contributed by atoms with Crippen LogP contribution >= 0.6 is 0 Å². The van der Waals surface area contributed by atoms with Gasteiger partial charge in [0.2, 0.25) is 0 Å². The third-order valence-corrected chi connectivity index (χ3v) is 2.47. The van der Waals surface area contributed by atoms with Crippen LogP contribution < -0.4 is 0 Å². The average Bonchev–Trinajstić information content (AvgIpc) is 2.25. The van der Waals surface area contributed by atoms with Gasteiger partial charge in [0.25, 0.3) is 0 Å². The van der Waals surface area contributed by atoms with Gasteiger partial charge in [-0.25, -0.2) is 0 Å². The summed E-state index contributed by atoms with van der Waals surface area (Å²) in [5.74, 6) is 0.340. The number of ether oxygens (including phenoxy) is 1. The van der Waals surface area contributed by atoms with Crippen LogP contribution in [0.25, 0.3) is 0 Å². The minimum atomic E-state index is 0.0381. The molecule has 0 fully saturated rings. The summed E-state index contributed by atoms with van der Waals surface area (Å²) in [6.45, 7) is 4.83. The second kappa shape index (κ2) is 6.46. The highest BCUT2D eigenvalue weighted by Gasteiger charge is 2.13. The van der Waals surface area contributed by atoms with Gasteiger partial charge < -0.3 is 9.84 Å². The number of para-hydroxylation sites is 1. The second-order valence-corrected chi connectivity index (χ2v) is 3.65. The number of hydrogen-bond acceptors (Lipinski definition) is 2. The predicted octanol–water partition coefficient (Wildman–Crippen LogP) is 3.66. The van der Waals surface area contributed by atoms with Gasteiger partial charge in [-0.3, -0.25) is 0 Å². The fourth-order valence-corrected chi connectivity index (χ4v) is 1.68. The lowest BCUT2D eigenvalue weighted by Crippen LogP contribution is -2.04. The molecule has 0 heterocycles. The molecule has 0 aliphatic heterocycles. The van der Waals surface area contributed by atoms with Crippen molar-refractivity contribution in [2.75, 3.05) is 6.61 Å². The summed E-state index contributed by atoms with van der Waals surface area (Å²) < 4.78 is 5.65. The smallest absolute Gasteiger partial charge is 0.121 e. The van der Waals surface area contributed by atoms with Crippen LogP contribution in [0.2, 0.25) is 0 Å². The van der Waals surface area contributed by atoms with Gasteiger partial charge in [0.1, 0.15) is 5.75 Å². The number of phenolic OH excluding ortho intramolecular Hbond substituents is 1. The summed E-state index contributed by atoms with van der Waals surface area (Å²) in [4.78, 5) is 0. The van der Waals surface area contributed by atoms with E-state index in [1.807, 2.05) is 25.1 Å². The van der Waals surface area contributed by atoms with Gasteiger partial charge in [-0.05, 0) is 19.4 Å². The van der Waals surface area contributed by atoms with Gasteiger partial charge in [-0.1, -0.05) is 38.0 Å². The molecule has 1 aromatic carbocycles. The Kier molecular flexibility index (Phi) is 5.19. The fourth-order valence-electron chi connectivity index (χ4n) is 1.68. The Hall–Kier alpha value is -1.02. The molecule has 0 saturated carbocycles. The van der Waals surface area contributed by atoms with E-state index in [9.17, 15) is 5.11 Å². The molecule has 0 aliphatic carbocycles. The lowest BCUT2D eigenvalue weighted by molar-refractivity contribution is 0.0529. The van der Waals surface area contributed by atoms with Gasteiger partial charge in [0.15, 0.2) is 0 Å². The molecule has 84 valence electrons. The molecule has 1 atom stereocenters. The van der Waals surface area contributed by atoms with E-state index in [1.54, 1.807) is 6.07 Å². The van der Waals surface area contributed by atoms with E-state index in [0.29, 0.717) is 12.4 Å². The van der Waals surface area contributed by atoms with E-state index in [2.05, 4.69) is 6.92 Å². The highest BCUT2D eigenvalue weighted by atomic mass is 16.5. The zero-order chi connectivity index (χ0) is 11.1. The summed E-state index contributed by atoms with van der Waals surface area (Å²) in [6, 6.07) is 7.42. The summed E-state index contributed by atoms with van der Waals surface area (Å²) in [5.41, 5.74) is 0.910. The van der Waals surface area contributed by atoms with Crippen LogP contribution in [0.5, 0.6) is 5.75 Å². The van der Waals surface area contributed by atoms with E-state index < -0.39 is 0 Å². The second-order valence-electron chi connectivity index (χ2n) is 3.65. The van der Waals surface area contributed by atoms with Crippen LogP contribution in [0, 0.1) is 0 Å². The first-order valence-corrected chi connectivity index (χ1v) is 5.69. The topological polar surface area (TPSA) is 29.5 Å². The summed E-state index contributed by atoms with van der Waals surface area (Å²) in [5, 5.41) is 9.73. The number of phenols is 1. The molecule has 2 nitrogen and oxygen atoms in total. The molecule has 0 aromatic heterocycles. The monoisotopic (exact) mass is 208 g/mol. The summed E-state index contributed by atoms with van der Waals surface area (Å²) in [7, 11) is 0. The maximum Gasteiger partial charge on any atom is 0.121 e. The molecule has 1 aromatic rings. The number of aromatic hydroxyl groups is 1. The summed E-state index contributed by atoms with van der Waals surface area (Å²) >= 11 is 0. The first-order valence-electron chi connectivity index (χ1n) is 5.69. The standard InChI is InChI=1S/C13H20O2/c1-3-5-10-13(15-4-2)11-8-6-7-9-12(11)14/h6-9,13-14H,3-5,10H2,1-2H3. The molecule has 0 amide bonds. The van der Waals surface area contributed by atoms with Crippen molar-refractivity contribution < 1.29 is 9.84 Å². The maximum atomic E-state index is 9.73. The van der Waals surface area contributed by atoms with Crippen LogP contribution in [-0.2, 0) is 4.74 Å². The van der Waals surface area contributed by atoms with Crippen molar-refractivity contribution in [2.45, 2.75) is 39.2 Å². The lowest BCUT2D eigenvalue weighted by Gasteiger charge is -2.18. The average molecular weight is 208 g/mol. The van der Waals surface area contributed by atoms with Gasteiger partial charge in [-0.15, -0.1) is 0 Å². The molecule has 1 unspecified atom stereocenters. The van der Waals surface area contributed by atoms with Crippen LogP contribution in [0.4, 0.5) is 0 Å². The molecule has 1 rings (SSSR count). The van der Waals surface area contributed by atoms with E-state index in [4.69, 9.17) is 4.74 Å². The molecule has 0 radical (unpaired) electrons. The highest BCUT2D eigenvalue weighted by Crippen LogP contribution is 2.30. The lowest BCUT2D eigenvalue weighted by atomic mass is 10.0. The van der Waals surface area contributed by atoms with Crippen LogP contribution in [0.1, 0.15) is 44.8 Å². The molecule has 2 heteroatoms. The van der Waals surface area contributed by atoms with Crippen LogP contribution in [-0.4, -0.2) is 11.7 Å². The maximum absolute atomic E-state index is 9.73. The predicted molar refractivity (Wildman–Crippen MR) is 62.0 cm³/mol. The Labute approximate surface area is 91.9 Å². The number of rotatable bonds is 6. The Bertz CT molecular complexity index is 284. The molecule has 0 spiro atoms. The molecule has 0 bridgehead atoms. The zero-order valence-electron chi connectivity index (χ0n) is 9.57. The van der Waals surface area contributed by atoms with E-state index in [1.165, 1.54) is 0 Å². The molecular weight excluding hydrogens is 188 g/mol. The molecule has 0 aliphatic rings. The van der Waals surface area contributed by atoms with E-state index in [-0.39, 0.29) is 6.10 Å². The minimum Gasteiger partial charge on any atom is -0.508 e. The summed E-state index contributed by atoms with van der Waals surface area (Å²) in [6.07, 6.45) is 3.29. The normalized spacial score (nSPS) is 12.7. The number of hydrogen-bond donors (Lipinski definition) is 1. The Morgan fingerprint density at radius 3 is 2.60 bits per heavy atom. The first kappa shape index (κ1) is 12.1. The quantitative estimate of drug-likeness (QED) is 0.773. The van der Waals surface area contributed by atoms with Gasteiger partial charge in [-0.2, -0.15) is 0 Å². The minimum absolute atomic E-state index is 0.0381. The van der Waals surface area contributed by atoms with Crippen molar-refractivity contribution in [1.82, 2.24) is 0 Å². The SMILES string of the molecule is CCCCC(OCC)c1ccccc1O. The van der Waals surface area contributed by atoms with E-state index >= 15 is 0 Å². The molecule has 1 N–H and O–H groups in total. The van der Waals surface area contributed by atoms with E-state index in [0.717, 1.165) is 24.8 Å². The van der Waals surface area contributed by atoms with Crippen LogP contribution in [0.3, 0.4) is 0 Å². The van der Waals surface area contributed by atoms with Gasteiger partial charge in [0.05, 0.1) is 6.10 Å². The van der Waals surface area contributed by atoms with Crippen molar-refractivity contribution in [3.63, 3.8) is 0 Å². The van der Waals surface area contributed by atoms with Crippen molar-refractivity contribution in [2.24, 2.45) is 0 Å². The van der Waals surface area contributed by atoms with Crippen molar-refractivity contribution in [3.05, 3.63) is 29.8 Å². The Balaban J connectivity index is 2.74. The van der Waals surface area contributed by atoms with Crippen molar-refractivity contribution in [1.29, 1.82) is 0 Å². The van der Waals surface area contributed by atoms with Gasteiger partial charge in [0, 0.05) is 12.2 Å². The largest absolute Gasteiger partial charge is 0.508 e. The van der Waals surface area contributed by atoms with Crippen LogP contribution in [0.15, 0.2) is 24.3 Å². The van der Waals surface area contributed by atoms with Gasteiger partial charge >= 0.3 is 0 Å². The molecular formula is C13H20O2. The Morgan fingerprint density at radius 1 is 1.27 bits per heavy atom. The fraction of sp³-hybridized carbons (Fsp3) is 0.538. The number of unbranched alkanes of at least 4 members (excludes halogenated alkanes) is 1. The third-order valence-electron chi connectivity index (χ3n) is 2.47. The first-order chi connectivity index (χ1) is 7.29. The van der Waals surface area contributed by atoms with Crippen molar-refractivity contribution in [3.8, 4) is 5.75 Å². The molecule has 0 saturated heterocycles. The molecule has 15 heavy (non-hydrogen) atoms. The third kappa shape index (κ3) is 3.56. The number of benzene rings is 1. The van der Waals surface area contributed by atoms with Crippen molar-refractivity contribution >= 4 is 0 Å². The zero-order valence-corrected chi connectivity index (χ0v) is 9.57. The highest BCUT2D eigenvalue weighted by molar-refractivity contribution is 5.33.